The fourth-order valence-electron chi connectivity index (χ4n) is 1.81. The molecule has 0 heterocycles. The van der Waals surface area contributed by atoms with Gasteiger partial charge in [-0.1, -0.05) is 39.0 Å². The third-order valence-corrected chi connectivity index (χ3v) is 2.50. The van der Waals surface area contributed by atoms with Crippen LogP contribution in [0.1, 0.15) is 39.2 Å². The minimum absolute atomic E-state index is 0.0390. The zero-order valence-corrected chi connectivity index (χ0v) is 11.2. The summed E-state index contributed by atoms with van der Waals surface area (Å²) < 4.78 is 0. The minimum Gasteiger partial charge on any atom is -0.508 e. The van der Waals surface area contributed by atoms with Gasteiger partial charge in [-0.05, 0) is 11.5 Å². The maximum atomic E-state index is 11.7. The van der Waals surface area contributed by atoms with Crippen LogP contribution >= 0.6 is 0 Å². The summed E-state index contributed by atoms with van der Waals surface area (Å²) in [4.78, 5) is 23.4. The molecule has 0 radical (unpaired) electrons. The van der Waals surface area contributed by atoms with Gasteiger partial charge in [-0.3, -0.25) is 9.59 Å². The number of ketones is 2. The molecule has 0 unspecified atom stereocenters. The highest BCUT2D eigenvalue weighted by atomic mass is 16.3. The van der Waals surface area contributed by atoms with Crippen molar-refractivity contribution in [2.45, 2.75) is 40.0 Å². The number of benzene rings is 1. The molecule has 3 heteroatoms. The van der Waals surface area contributed by atoms with Crippen molar-refractivity contribution in [1.82, 2.24) is 0 Å². The van der Waals surface area contributed by atoms with Crippen LogP contribution in [0.4, 0.5) is 0 Å². The molecule has 98 valence electrons. The molecular formula is C15H20O3. The molecule has 0 aliphatic rings. The number of rotatable bonds is 5. The number of hydrogen-bond acceptors (Lipinski definition) is 3. The van der Waals surface area contributed by atoms with Crippen LogP contribution in [0.15, 0.2) is 24.3 Å². The molecule has 0 aromatic heterocycles. The van der Waals surface area contributed by atoms with Gasteiger partial charge in [0.25, 0.3) is 0 Å². The molecule has 0 aliphatic heterocycles. The molecule has 0 aliphatic carbocycles. The molecule has 0 saturated heterocycles. The van der Waals surface area contributed by atoms with Gasteiger partial charge in [0.15, 0.2) is 0 Å². The first-order valence-corrected chi connectivity index (χ1v) is 6.08. The molecular weight excluding hydrogens is 228 g/mol. The highest BCUT2D eigenvalue weighted by Crippen LogP contribution is 2.21. The van der Waals surface area contributed by atoms with Gasteiger partial charge < -0.3 is 5.11 Å². The van der Waals surface area contributed by atoms with Gasteiger partial charge in [0.1, 0.15) is 17.3 Å². The zero-order chi connectivity index (χ0) is 13.8. The summed E-state index contributed by atoms with van der Waals surface area (Å²) in [6, 6.07) is 6.70. The quantitative estimate of drug-likeness (QED) is 0.815. The monoisotopic (exact) mass is 248 g/mol. The van der Waals surface area contributed by atoms with Gasteiger partial charge >= 0.3 is 0 Å². The van der Waals surface area contributed by atoms with Crippen LogP contribution < -0.4 is 0 Å². The van der Waals surface area contributed by atoms with Crippen molar-refractivity contribution in [2.24, 2.45) is 5.41 Å². The van der Waals surface area contributed by atoms with Gasteiger partial charge in [-0.2, -0.15) is 0 Å². The molecule has 0 amide bonds. The van der Waals surface area contributed by atoms with Crippen molar-refractivity contribution >= 4 is 11.6 Å². The third-order valence-electron chi connectivity index (χ3n) is 2.50. The number of carbonyl (C=O) groups is 2. The lowest BCUT2D eigenvalue weighted by molar-refractivity contribution is -0.127. The Bertz CT molecular complexity index is 441. The van der Waals surface area contributed by atoms with E-state index in [9.17, 15) is 14.7 Å². The average molecular weight is 248 g/mol. The number of carbonyl (C=O) groups excluding carboxylic acids is 2. The van der Waals surface area contributed by atoms with Crippen molar-refractivity contribution in [3.63, 3.8) is 0 Å². The molecule has 18 heavy (non-hydrogen) atoms. The standard InChI is InChI=1S/C15H20O3/c1-15(2,3)10-13(17)9-12(16)8-11-6-4-5-7-14(11)18/h4-7,18H,8-10H2,1-3H3. The number of phenolic OH excluding ortho intramolecular Hbond substituents is 1. The van der Waals surface area contributed by atoms with E-state index in [1.165, 1.54) is 0 Å². The van der Waals surface area contributed by atoms with E-state index in [1.54, 1.807) is 24.3 Å². The van der Waals surface area contributed by atoms with E-state index in [0.29, 0.717) is 12.0 Å². The fourth-order valence-corrected chi connectivity index (χ4v) is 1.81. The van der Waals surface area contributed by atoms with E-state index in [1.807, 2.05) is 20.8 Å². The third kappa shape index (κ3) is 5.13. The zero-order valence-electron chi connectivity index (χ0n) is 11.2. The van der Waals surface area contributed by atoms with Crippen molar-refractivity contribution in [1.29, 1.82) is 0 Å². The van der Waals surface area contributed by atoms with Crippen LogP contribution in [-0.2, 0) is 16.0 Å². The first-order valence-electron chi connectivity index (χ1n) is 6.08. The highest BCUT2D eigenvalue weighted by molar-refractivity contribution is 6.00. The smallest absolute Gasteiger partial charge is 0.144 e. The summed E-state index contributed by atoms with van der Waals surface area (Å²) in [5.74, 6) is -0.0807. The first kappa shape index (κ1) is 14.4. The molecule has 0 atom stereocenters. The number of para-hydroxylation sites is 1. The normalized spacial score (nSPS) is 11.3. The first-order chi connectivity index (χ1) is 8.28. The number of phenols is 1. The molecule has 1 N–H and O–H groups in total. The molecule has 3 nitrogen and oxygen atoms in total. The largest absolute Gasteiger partial charge is 0.508 e. The van der Waals surface area contributed by atoms with Crippen LogP contribution in [0.2, 0.25) is 0 Å². The SMILES string of the molecule is CC(C)(C)CC(=O)CC(=O)Cc1ccccc1O. The lowest BCUT2D eigenvalue weighted by atomic mass is 9.88. The Labute approximate surface area is 108 Å². The summed E-state index contributed by atoms with van der Waals surface area (Å²) in [6.45, 7) is 5.91. The van der Waals surface area contributed by atoms with Crippen LogP contribution in [0, 0.1) is 5.41 Å². The van der Waals surface area contributed by atoms with E-state index in [4.69, 9.17) is 0 Å². The van der Waals surface area contributed by atoms with Crippen LogP contribution in [0.25, 0.3) is 0 Å². The van der Waals surface area contributed by atoms with Crippen LogP contribution in [0.3, 0.4) is 0 Å². The molecule has 1 aromatic rings. The van der Waals surface area contributed by atoms with Crippen molar-refractivity contribution in [3.8, 4) is 5.75 Å². The Hall–Kier alpha value is -1.64. The van der Waals surface area contributed by atoms with E-state index in [-0.39, 0.29) is 35.6 Å². The second-order valence-corrected chi connectivity index (χ2v) is 5.80. The Morgan fingerprint density at radius 2 is 1.72 bits per heavy atom. The molecule has 1 rings (SSSR count). The lowest BCUT2D eigenvalue weighted by Gasteiger charge is -2.16. The summed E-state index contributed by atoms with van der Waals surface area (Å²) in [5, 5.41) is 9.54. The van der Waals surface area contributed by atoms with Gasteiger partial charge in [-0.15, -0.1) is 0 Å². The average Bonchev–Trinajstić information content (AvgIpc) is 2.18. The Balaban J connectivity index is 2.53. The second-order valence-electron chi connectivity index (χ2n) is 5.80. The minimum atomic E-state index is -0.147. The van der Waals surface area contributed by atoms with E-state index < -0.39 is 0 Å². The maximum absolute atomic E-state index is 11.7. The highest BCUT2D eigenvalue weighted by Gasteiger charge is 2.18. The summed E-state index contributed by atoms with van der Waals surface area (Å²) in [5.41, 5.74) is 0.484. The summed E-state index contributed by atoms with van der Waals surface area (Å²) in [7, 11) is 0. The fraction of sp³-hybridized carbons (Fsp3) is 0.467. The maximum Gasteiger partial charge on any atom is 0.144 e. The van der Waals surface area contributed by atoms with Gasteiger partial charge in [0, 0.05) is 18.4 Å². The van der Waals surface area contributed by atoms with Gasteiger partial charge in [-0.25, -0.2) is 0 Å². The second kappa shape index (κ2) is 5.80. The van der Waals surface area contributed by atoms with E-state index >= 15 is 0 Å². The molecule has 1 aromatic carbocycles. The summed E-state index contributed by atoms with van der Waals surface area (Å²) in [6.07, 6.45) is 0.466. The molecule has 0 spiro atoms. The van der Waals surface area contributed by atoms with Crippen LogP contribution in [-0.4, -0.2) is 16.7 Å². The van der Waals surface area contributed by atoms with Crippen molar-refractivity contribution < 1.29 is 14.7 Å². The molecule has 0 bridgehead atoms. The van der Waals surface area contributed by atoms with Gasteiger partial charge in [0.2, 0.25) is 0 Å². The van der Waals surface area contributed by atoms with Gasteiger partial charge in [0.05, 0.1) is 6.42 Å². The number of aromatic hydroxyl groups is 1. The predicted molar refractivity (Wildman–Crippen MR) is 70.5 cm³/mol. The van der Waals surface area contributed by atoms with E-state index in [2.05, 4.69) is 0 Å². The Morgan fingerprint density at radius 1 is 1.11 bits per heavy atom. The Kier molecular flexibility index (Phi) is 4.65. The lowest BCUT2D eigenvalue weighted by Crippen LogP contribution is -2.17. The molecule has 0 fully saturated rings. The van der Waals surface area contributed by atoms with Crippen molar-refractivity contribution in [3.05, 3.63) is 29.8 Å². The number of hydrogen-bond donors (Lipinski definition) is 1. The topological polar surface area (TPSA) is 54.4 Å². The summed E-state index contributed by atoms with van der Waals surface area (Å²) >= 11 is 0. The van der Waals surface area contributed by atoms with E-state index in [0.717, 1.165) is 0 Å². The Morgan fingerprint density at radius 3 is 2.28 bits per heavy atom. The number of Topliss-reactive ketones (excluding diaryl/α,β-unsaturated/α-hetero) is 2. The molecule has 0 saturated carbocycles. The van der Waals surface area contributed by atoms with Crippen molar-refractivity contribution in [2.75, 3.05) is 0 Å². The van der Waals surface area contributed by atoms with Crippen LogP contribution in [0.5, 0.6) is 5.75 Å². The predicted octanol–water partition coefficient (Wildman–Crippen LogP) is 2.90.